The van der Waals surface area contributed by atoms with Crippen LogP contribution in [0.15, 0.2) is 41.5 Å². The van der Waals surface area contributed by atoms with Crippen molar-refractivity contribution in [1.29, 1.82) is 5.26 Å². The third-order valence-electron chi connectivity index (χ3n) is 4.93. The van der Waals surface area contributed by atoms with Crippen molar-refractivity contribution >= 4 is 16.8 Å². The molecule has 138 valence electrons. The fourth-order valence-electron chi connectivity index (χ4n) is 3.68. The minimum absolute atomic E-state index is 0.0136. The minimum Gasteiger partial charge on any atom is -0.490 e. The molecule has 1 atom stereocenters. The summed E-state index contributed by atoms with van der Waals surface area (Å²) in [5.41, 5.74) is 9.02. The van der Waals surface area contributed by atoms with Gasteiger partial charge in [0.05, 0.1) is 11.7 Å². The van der Waals surface area contributed by atoms with Crippen molar-refractivity contribution in [3.63, 3.8) is 0 Å². The fraction of sp³-hybridized carbons (Fsp3) is 0.364. The highest BCUT2D eigenvalue weighted by Crippen LogP contribution is 2.38. The maximum absolute atomic E-state index is 9.48. The average Bonchev–Trinajstić information content (AvgIpc) is 3.17. The van der Waals surface area contributed by atoms with Gasteiger partial charge in [-0.05, 0) is 68.4 Å². The lowest BCUT2D eigenvalue weighted by Crippen LogP contribution is -2.09. The molecule has 27 heavy (non-hydrogen) atoms. The number of benzene rings is 2. The molecule has 2 aliphatic rings. The normalized spacial score (nSPS) is 18.4. The van der Waals surface area contributed by atoms with Gasteiger partial charge < -0.3 is 4.74 Å². The first-order chi connectivity index (χ1) is 13.2. The van der Waals surface area contributed by atoms with Crippen LogP contribution in [0.2, 0.25) is 0 Å². The minimum atomic E-state index is 0.0136. The number of aryl methyl sites for hydroxylation is 1. The molecule has 0 saturated carbocycles. The van der Waals surface area contributed by atoms with E-state index in [9.17, 15) is 5.26 Å². The molecule has 1 heterocycles. The Kier molecular flexibility index (Phi) is 5.09. The summed E-state index contributed by atoms with van der Waals surface area (Å²) in [7, 11) is 0. The van der Waals surface area contributed by atoms with E-state index in [-0.39, 0.29) is 11.5 Å². The van der Waals surface area contributed by atoms with E-state index in [1.165, 1.54) is 36.0 Å². The largest absolute Gasteiger partial charge is 0.490 e. The van der Waals surface area contributed by atoms with Crippen LogP contribution in [-0.4, -0.2) is 11.1 Å². The van der Waals surface area contributed by atoms with Gasteiger partial charge in [-0.25, -0.2) is 0 Å². The summed E-state index contributed by atoms with van der Waals surface area (Å²) in [6.45, 7) is 3.92. The van der Waals surface area contributed by atoms with Gasteiger partial charge in [0.25, 0.3) is 0 Å². The SMILES string of the molecule is CC(C)Oc1ccc(C2NN=C(c3cccc4c3CCCC4)S2)cc1C#N. The van der Waals surface area contributed by atoms with Gasteiger partial charge in [-0.15, -0.1) is 0 Å². The van der Waals surface area contributed by atoms with Gasteiger partial charge in [-0.1, -0.05) is 36.0 Å². The Morgan fingerprint density at radius 3 is 2.89 bits per heavy atom. The first-order valence-corrected chi connectivity index (χ1v) is 10.4. The summed E-state index contributed by atoms with van der Waals surface area (Å²) in [5, 5.41) is 15.1. The molecular weight excluding hydrogens is 354 g/mol. The molecule has 4 rings (SSSR count). The molecule has 2 aromatic rings. The van der Waals surface area contributed by atoms with Crippen molar-refractivity contribution < 1.29 is 4.74 Å². The number of fused-ring (bicyclic) bond motifs is 1. The van der Waals surface area contributed by atoms with E-state index >= 15 is 0 Å². The lowest BCUT2D eigenvalue weighted by Gasteiger charge is -2.19. The summed E-state index contributed by atoms with van der Waals surface area (Å²) >= 11 is 1.72. The Morgan fingerprint density at radius 1 is 1.22 bits per heavy atom. The molecule has 2 aromatic carbocycles. The summed E-state index contributed by atoms with van der Waals surface area (Å²) in [5.74, 6) is 0.637. The zero-order valence-electron chi connectivity index (χ0n) is 15.7. The summed E-state index contributed by atoms with van der Waals surface area (Å²) in [4.78, 5) is 0. The Labute approximate surface area is 164 Å². The van der Waals surface area contributed by atoms with E-state index < -0.39 is 0 Å². The first-order valence-electron chi connectivity index (χ1n) is 9.47. The Balaban J connectivity index is 1.56. The summed E-state index contributed by atoms with van der Waals surface area (Å²) < 4.78 is 5.73. The number of nitriles is 1. The molecule has 5 heteroatoms. The average molecular weight is 378 g/mol. The van der Waals surface area contributed by atoms with Crippen LogP contribution in [0.5, 0.6) is 5.75 Å². The molecule has 0 fully saturated rings. The van der Waals surface area contributed by atoms with Crippen LogP contribution in [0.25, 0.3) is 0 Å². The van der Waals surface area contributed by atoms with Crippen molar-refractivity contribution in [1.82, 2.24) is 5.43 Å². The maximum Gasteiger partial charge on any atom is 0.137 e. The van der Waals surface area contributed by atoms with Gasteiger partial charge in [0, 0.05) is 5.56 Å². The summed E-state index contributed by atoms with van der Waals surface area (Å²) in [6.07, 6.45) is 4.87. The van der Waals surface area contributed by atoms with Crippen LogP contribution in [0.3, 0.4) is 0 Å². The van der Waals surface area contributed by atoms with E-state index in [0.29, 0.717) is 11.3 Å². The second-order valence-electron chi connectivity index (χ2n) is 7.23. The van der Waals surface area contributed by atoms with Crippen LogP contribution in [0, 0.1) is 11.3 Å². The van der Waals surface area contributed by atoms with E-state index in [0.717, 1.165) is 17.0 Å². The highest BCUT2D eigenvalue weighted by Gasteiger charge is 2.26. The van der Waals surface area contributed by atoms with Gasteiger partial charge in [0.15, 0.2) is 0 Å². The zero-order valence-corrected chi connectivity index (χ0v) is 16.5. The molecule has 1 N–H and O–H groups in total. The topological polar surface area (TPSA) is 57.4 Å². The molecule has 1 aliphatic carbocycles. The van der Waals surface area contributed by atoms with Crippen LogP contribution >= 0.6 is 11.8 Å². The van der Waals surface area contributed by atoms with Crippen LogP contribution in [-0.2, 0) is 12.8 Å². The van der Waals surface area contributed by atoms with Crippen molar-refractivity contribution in [3.8, 4) is 11.8 Å². The van der Waals surface area contributed by atoms with E-state index in [2.05, 4.69) is 34.8 Å². The Morgan fingerprint density at radius 2 is 2.07 bits per heavy atom. The lowest BCUT2D eigenvalue weighted by atomic mass is 9.88. The molecule has 1 aliphatic heterocycles. The molecule has 0 aromatic heterocycles. The predicted molar refractivity (Wildman–Crippen MR) is 110 cm³/mol. The van der Waals surface area contributed by atoms with Crippen LogP contribution < -0.4 is 10.2 Å². The zero-order chi connectivity index (χ0) is 18.8. The van der Waals surface area contributed by atoms with E-state index in [4.69, 9.17) is 4.74 Å². The first kappa shape index (κ1) is 17.9. The van der Waals surface area contributed by atoms with E-state index in [1.54, 1.807) is 11.8 Å². The number of hydrogen-bond acceptors (Lipinski definition) is 5. The van der Waals surface area contributed by atoms with Crippen LogP contribution in [0.1, 0.15) is 59.9 Å². The highest BCUT2D eigenvalue weighted by atomic mass is 32.2. The van der Waals surface area contributed by atoms with Gasteiger partial charge in [-0.3, -0.25) is 5.43 Å². The number of hydrazone groups is 1. The second kappa shape index (κ2) is 7.66. The third kappa shape index (κ3) is 3.68. The quantitative estimate of drug-likeness (QED) is 0.821. The summed E-state index contributed by atoms with van der Waals surface area (Å²) in [6, 6.07) is 14.6. The van der Waals surface area contributed by atoms with E-state index in [1.807, 2.05) is 32.0 Å². The number of thioether (sulfide) groups is 1. The Hall–Kier alpha value is -2.45. The molecule has 0 bridgehead atoms. The fourth-order valence-corrected chi connectivity index (χ4v) is 4.72. The van der Waals surface area contributed by atoms with Crippen molar-refractivity contribution in [3.05, 3.63) is 64.2 Å². The number of nitrogens with zero attached hydrogens (tertiary/aromatic N) is 2. The predicted octanol–water partition coefficient (Wildman–Crippen LogP) is 4.92. The van der Waals surface area contributed by atoms with Gasteiger partial charge in [-0.2, -0.15) is 10.4 Å². The second-order valence-corrected chi connectivity index (χ2v) is 8.32. The lowest BCUT2D eigenvalue weighted by molar-refractivity contribution is 0.241. The number of rotatable bonds is 4. The van der Waals surface area contributed by atoms with Crippen molar-refractivity contribution in [2.24, 2.45) is 5.10 Å². The molecule has 1 unspecified atom stereocenters. The number of hydrogen-bond donors (Lipinski definition) is 1. The molecule has 0 amide bonds. The molecule has 4 nitrogen and oxygen atoms in total. The molecule has 0 spiro atoms. The molecule has 0 radical (unpaired) electrons. The number of ether oxygens (including phenoxy) is 1. The smallest absolute Gasteiger partial charge is 0.137 e. The van der Waals surface area contributed by atoms with Gasteiger partial charge in [0.2, 0.25) is 0 Å². The molecular formula is C22H23N3OS. The van der Waals surface area contributed by atoms with Crippen molar-refractivity contribution in [2.75, 3.05) is 0 Å². The third-order valence-corrected chi connectivity index (χ3v) is 6.08. The maximum atomic E-state index is 9.48. The van der Waals surface area contributed by atoms with Crippen molar-refractivity contribution in [2.45, 2.75) is 51.0 Å². The Bertz CT molecular complexity index is 930. The monoisotopic (exact) mass is 377 g/mol. The van der Waals surface area contributed by atoms with Crippen LogP contribution in [0.4, 0.5) is 0 Å². The number of nitrogens with one attached hydrogen (secondary N) is 1. The highest BCUT2D eigenvalue weighted by molar-refractivity contribution is 8.14. The molecule has 0 saturated heterocycles. The van der Waals surface area contributed by atoms with Gasteiger partial charge in [0.1, 0.15) is 22.2 Å². The standard InChI is InChI=1S/C22H23N3OS/c1-14(2)26-20-11-10-16(12-17(20)13-23)21-24-25-22(27-21)19-9-5-7-15-6-3-4-8-18(15)19/h5,7,9-12,14,21,24H,3-4,6,8H2,1-2H3. The van der Waals surface area contributed by atoms with Gasteiger partial charge >= 0.3 is 0 Å².